The van der Waals surface area contributed by atoms with Crippen LogP contribution in [0.4, 0.5) is 0 Å². The minimum Gasteiger partial charge on any atom is -0.334 e. The molecule has 9 heteroatoms. The largest absolute Gasteiger partial charge is 0.334 e. The molecule has 2 fully saturated rings. The molecular formula is C20H30N2O7. The van der Waals surface area contributed by atoms with E-state index in [0.717, 1.165) is 5.06 Å². The lowest BCUT2D eigenvalue weighted by Crippen LogP contribution is -2.33. The second kappa shape index (κ2) is 10.7. The summed E-state index contributed by atoms with van der Waals surface area (Å²) in [7, 11) is 0. The summed E-state index contributed by atoms with van der Waals surface area (Å²) in [5, 5.41) is 1.61. The van der Waals surface area contributed by atoms with Crippen LogP contribution in [0.15, 0.2) is 12.3 Å². The molecule has 3 amide bonds. The fourth-order valence-corrected chi connectivity index (χ4v) is 2.54. The van der Waals surface area contributed by atoms with E-state index in [1.54, 1.807) is 6.92 Å². The zero-order valence-electron chi connectivity index (χ0n) is 17.7. The summed E-state index contributed by atoms with van der Waals surface area (Å²) in [5.41, 5.74) is 0.562. The quantitative estimate of drug-likeness (QED) is 0.619. The third kappa shape index (κ3) is 7.67. The highest BCUT2D eigenvalue weighted by Crippen LogP contribution is 2.21. The van der Waals surface area contributed by atoms with Crippen LogP contribution in [0.5, 0.6) is 0 Å². The van der Waals surface area contributed by atoms with Gasteiger partial charge in [-0.2, -0.15) is 0 Å². The molecule has 0 bridgehead atoms. The predicted octanol–water partition coefficient (Wildman–Crippen LogP) is 2.51. The van der Waals surface area contributed by atoms with Crippen molar-refractivity contribution < 1.29 is 33.6 Å². The van der Waals surface area contributed by atoms with Gasteiger partial charge in [0.2, 0.25) is 0 Å². The van der Waals surface area contributed by atoms with Crippen molar-refractivity contribution in [1.29, 1.82) is 0 Å². The van der Waals surface area contributed by atoms with E-state index in [-0.39, 0.29) is 42.5 Å². The molecule has 0 aromatic heterocycles. The van der Waals surface area contributed by atoms with Crippen molar-refractivity contribution in [2.45, 2.75) is 66.7 Å². The van der Waals surface area contributed by atoms with Gasteiger partial charge in [-0.05, 0) is 18.3 Å². The van der Waals surface area contributed by atoms with E-state index in [1.165, 1.54) is 0 Å². The molecule has 2 saturated heterocycles. The van der Waals surface area contributed by atoms with Crippen molar-refractivity contribution in [3.05, 3.63) is 12.3 Å². The lowest BCUT2D eigenvalue weighted by molar-refractivity contribution is -0.198. The molecule has 0 radical (unpaired) electrons. The van der Waals surface area contributed by atoms with Crippen LogP contribution in [-0.4, -0.2) is 39.8 Å². The Kier molecular flexibility index (Phi) is 9.00. The van der Waals surface area contributed by atoms with E-state index < -0.39 is 17.8 Å². The molecule has 0 N–H and O–H groups in total. The van der Waals surface area contributed by atoms with Gasteiger partial charge in [0.25, 0.3) is 17.7 Å². The van der Waals surface area contributed by atoms with Gasteiger partial charge in [0, 0.05) is 18.8 Å². The number of nitrogens with zero attached hydrogens (tertiary/aromatic N) is 2. The van der Waals surface area contributed by atoms with Gasteiger partial charge < -0.3 is 9.68 Å². The molecule has 0 spiro atoms. The van der Waals surface area contributed by atoms with Crippen molar-refractivity contribution in [1.82, 2.24) is 10.1 Å². The highest BCUT2D eigenvalue weighted by atomic mass is 16.7. The van der Waals surface area contributed by atoms with Gasteiger partial charge in [-0.1, -0.05) is 41.2 Å². The molecule has 162 valence electrons. The fraction of sp³-hybridized carbons (Fsp3) is 0.650. The van der Waals surface area contributed by atoms with E-state index in [1.807, 2.05) is 27.7 Å². The van der Waals surface area contributed by atoms with E-state index in [2.05, 4.69) is 6.58 Å². The van der Waals surface area contributed by atoms with Crippen molar-refractivity contribution in [2.24, 2.45) is 17.8 Å². The van der Waals surface area contributed by atoms with Gasteiger partial charge in [-0.25, -0.2) is 9.59 Å². The smallest absolute Gasteiger partial charge is 0.333 e. The molecule has 2 rings (SSSR count). The second-order valence-corrected chi connectivity index (χ2v) is 8.01. The molecule has 0 aromatic rings. The Hall–Kier alpha value is -2.71. The zero-order chi connectivity index (χ0) is 22.3. The molecule has 0 aliphatic carbocycles. The van der Waals surface area contributed by atoms with Gasteiger partial charge in [0.05, 0.1) is 18.5 Å². The van der Waals surface area contributed by atoms with E-state index in [9.17, 15) is 24.0 Å². The first-order valence-electron chi connectivity index (χ1n) is 9.71. The van der Waals surface area contributed by atoms with E-state index in [4.69, 9.17) is 9.68 Å². The monoisotopic (exact) mass is 410 g/mol. The van der Waals surface area contributed by atoms with E-state index >= 15 is 0 Å². The Labute approximate surface area is 170 Å². The SMILES string of the molecule is C=C1CCC(=O)N1OC(=O)CC(C)C.CC(C)CC(=O)ON1C(=O)CC(C)C1=O. The number of allylic oxidation sites excluding steroid dienone is 1. The number of imide groups is 1. The minimum absolute atomic E-state index is 0.119. The number of carbonyl (C=O) groups excluding carboxylic acids is 5. The summed E-state index contributed by atoms with van der Waals surface area (Å²) in [6.45, 7) is 12.8. The van der Waals surface area contributed by atoms with Crippen LogP contribution in [0, 0.1) is 17.8 Å². The highest BCUT2D eigenvalue weighted by Gasteiger charge is 2.38. The van der Waals surface area contributed by atoms with Gasteiger partial charge in [-0.15, -0.1) is 10.1 Å². The Bertz CT molecular complexity index is 668. The summed E-state index contributed by atoms with van der Waals surface area (Å²) >= 11 is 0. The standard InChI is InChI=1S/C10H15NO4.C10H15NO3/c1-6(2)4-9(13)15-11-8(12)5-7(3)10(11)14;1-7(2)6-10(13)14-11-8(3)4-5-9(11)12/h6-7H,4-5H2,1-3H3;7H,3-6H2,1-2H3. The normalized spacial score (nSPS) is 19.1. The number of hydroxylamine groups is 4. The maximum atomic E-state index is 11.4. The molecule has 2 aliphatic heterocycles. The topological polar surface area (TPSA) is 110 Å². The second-order valence-electron chi connectivity index (χ2n) is 8.01. The average molecular weight is 410 g/mol. The zero-order valence-corrected chi connectivity index (χ0v) is 17.7. The van der Waals surface area contributed by atoms with Gasteiger partial charge in [0.1, 0.15) is 0 Å². The average Bonchev–Trinajstić information content (AvgIpc) is 3.01. The summed E-state index contributed by atoms with van der Waals surface area (Å²) in [6.07, 6.45) is 1.60. The van der Waals surface area contributed by atoms with Crippen LogP contribution < -0.4 is 0 Å². The maximum Gasteiger partial charge on any atom is 0.333 e. The highest BCUT2D eigenvalue weighted by molar-refractivity contribution is 6.02. The molecule has 0 aromatic carbocycles. The summed E-state index contributed by atoms with van der Waals surface area (Å²) < 4.78 is 0. The van der Waals surface area contributed by atoms with E-state index in [0.29, 0.717) is 30.0 Å². The fourth-order valence-electron chi connectivity index (χ4n) is 2.54. The number of amides is 3. The third-order valence-electron chi connectivity index (χ3n) is 4.01. The first kappa shape index (κ1) is 24.3. The first-order valence-corrected chi connectivity index (χ1v) is 9.71. The van der Waals surface area contributed by atoms with Gasteiger partial charge in [-0.3, -0.25) is 14.4 Å². The molecule has 0 saturated carbocycles. The van der Waals surface area contributed by atoms with Gasteiger partial charge in [0.15, 0.2) is 0 Å². The Morgan fingerprint density at radius 2 is 1.41 bits per heavy atom. The molecule has 2 heterocycles. The summed E-state index contributed by atoms with van der Waals surface area (Å²) in [4.78, 5) is 65.9. The Morgan fingerprint density at radius 3 is 1.76 bits per heavy atom. The van der Waals surface area contributed by atoms with Crippen LogP contribution in [0.25, 0.3) is 0 Å². The van der Waals surface area contributed by atoms with Crippen LogP contribution >= 0.6 is 0 Å². The summed E-state index contributed by atoms with van der Waals surface area (Å²) in [5.74, 6) is -1.99. The lowest BCUT2D eigenvalue weighted by Gasteiger charge is -2.16. The van der Waals surface area contributed by atoms with Crippen molar-refractivity contribution >= 4 is 29.7 Å². The van der Waals surface area contributed by atoms with Crippen LogP contribution in [0.3, 0.4) is 0 Å². The van der Waals surface area contributed by atoms with Gasteiger partial charge >= 0.3 is 11.9 Å². The number of rotatable bonds is 6. The summed E-state index contributed by atoms with van der Waals surface area (Å²) in [6, 6.07) is 0. The molecule has 29 heavy (non-hydrogen) atoms. The minimum atomic E-state index is -0.541. The molecule has 9 nitrogen and oxygen atoms in total. The van der Waals surface area contributed by atoms with Crippen molar-refractivity contribution in [2.75, 3.05) is 0 Å². The predicted molar refractivity (Wildman–Crippen MR) is 102 cm³/mol. The van der Waals surface area contributed by atoms with Crippen LogP contribution in [-0.2, 0) is 33.6 Å². The van der Waals surface area contributed by atoms with Crippen LogP contribution in [0.1, 0.15) is 66.7 Å². The lowest BCUT2D eigenvalue weighted by atomic mass is 10.1. The van der Waals surface area contributed by atoms with Crippen molar-refractivity contribution in [3.8, 4) is 0 Å². The molecule has 2 aliphatic rings. The van der Waals surface area contributed by atoms with Crippen LogP contribution in [0.2, 0.25) is 0 Å². The Morgan fingerprint density at radius 1 is 0.931 bits per heavy atom. The van der Waals surface area contributed by atoms with Crippen molar-refractivity contribution in [3.63, 3.8) is 0 Å². The first-order chi connectivity index (χ1) is 13.4. The number of hydrogen-bond acceptors (Lipinski definition) is 7. The molecule has 1 unspecified atom stereocenters. The number of hydrogen-bond donors (Lipinski definition) is 0. The third-order valence-corrected chi connectivity index (χ3v) is 4.01. The number of carbonyl (C=O) groups is 5. The molecule has 1 atom stereocenters. The Balaban J connectivity index is 0.000000291. The maximum absolute atomic E-state index is 11.4. The molecular weight excluding hydrogens is 380 g/mol.